The van der Waals surface area contributed by atoms with Gasteiger partial charge in [0.2, 0.25) is 5.91 Å². The molecule has 2 amide bonds. The van der Waals surface area contributed by atoms with E-state index in [1.54, 1.807) is 55.5 Å². The Morgan fingerprint density at radius 1 is 1.06 bits per heavy atom. The first-order valence-electron chi connectivity index (χ1n) is 11.4. The van der Waals surface area contributed by atoms with Crippen molar-refractivity contribution in [1.29, 1.82) is 0 Å². The average Bonchev–Trinajstić information content (AvgIpc) is 2.88. The molecule has 1 N–H and O–H groups in total. The number of amides is 2. The van der Waals surface area contributed by atoms with Gasteiger partial charge in [0.1, 0.15) is 18.1 Å². The van der Waals surface area contributed by atoms with Gasteiger partial charge in [0.05, 0.1) is 26.5 Å². The van der Waals surface area contributed by atoms with Crippen molar-refractivity contribution in [1.82, 2.24) is 0 Å². The molecule has 1 aliphatic rings. The van der Waals surface area contributed by atoms with Gasteiger partial charge in [-0.05, 0) is 66.6 Å². The summed E-state index contributed by atoms with van der Waals surface area (Å²) in [6.07, 6.45) is 3.10. The molecule has 36 heavy (non-hydrogen) atoms. The van der Waals surface area contributed by atoms with E-state index in [0.717, 1.165) is 16.9 Å². The Labute approximate surface area is 210 Å². The van der Waals surface area contributed by atoms with Gasteiger partial charge in [-0.3, -0.25) is 9.59 Å². The molecule has 1 heterocycles. The molecule has 186 valence electrons. The van der Waals surface area contributed by atoms with Crippen molar-refractivity contribution in [3.05, 3.63) is 77.9 Å². The Bertz CT molecular complexity index is 1290. The lowest BCUT2D eigenvalue weighted by molar-refractivity contribution is -0.121. The van der Waals surface area contributed by atoms with Gasteiger partial charge in [0, 0.05) is 11.8 Å². The van der Waals surface area contributed by atoms with Crippen LogP contribution < -0.4 is 29.2 Å². The molecule has 0 unspecified atom stereocenters. The fourth-order valence-electron chi connectivity index (χ4n) is 3.80. The van der Waals surface area contributed by atoms with Crippen molar-refractivity contribution >= 4 is 29.3 Å². The van der Waals surface area contributed by atoms with E-state index < -0.39 is 0 Å². The minimum absolute atomic E-state index is 0.0444. The third-order valence-corrected chi connectivity index (χ3v) is 5.58. The maximum atomic E-state index is 12.6. The monoisotopic (exact) mass is 488 g/mol. The number of rotatable bonds is 9. The van der Waals surface area contributed by atoms with Crippen molar-refractivity contribution in [2.75, 3.05) is 44.2 Å². The van der Waals surface area contributed by atoms with Crippen LogP contribution in [-0.2, 0) is 9.59 Å². The number of hydrogen-bond donors (Lipinski definition) is 1. The van der Waals surface area contributed by atoms with Crippen molar-refractivity contribution in [3.8, 4) is 23.0 Å². The first-order chi connectivity index (χ1) is 17.5. The summed E-state index contributed by atoms with van der Waals surface area (Å²) < 4.78 is 21.9. The summed E-state index contributed by atoms with van der Waals surface area (Å²) in [6, 6.07) is 18.3. The Morgan fingerprint density at radius 3 is 2.67 bits per heavy atom. The molecule has 0 aliphatic carbocycles. The van der Waals surface area contributed by atoms with Crippen LogP contribution >= 0.6 is 0 Å². The van der Waals surface area contributed by atoms with Gasteiger partial charge in [-0.25, -0.2) is 0 Å². The van der Waals surface area contributed by atoms with E-state index in [1.165, 1.54) is 6.08 Å². The first-order valence-corrected chi connectivity index (χ1v) is 11.4. The summed E-state index contributed by atoms with van der Waals surface area (Å²) in [4.78, 5) is 26.7. The number of carbonyl (C=O) groups is 2. The van der Waals surface area contributed by atoms with Crippen LogP contribution in [0.3, 0.4) is 0 Å². The molecular weight excluding hydrogens is 460 g/mol. The van der Waals surface area contributed by atoms with Crippen LogP contribution in [0.5, 0.6) is 23.0 Å². The van der Waals surface area contributed by atoms with E-state index >= 15 is 0 Å². The lowest BCUT2D eigenvalue weighted by Crippen LogP contribution is -2.41. The van der Waals surface area contributed by atoms with Gasteiger partial charge in [-0.1, -0.05) is 18.2 Å². The number of hydrogen-bond acceptors (Lipinski definition) is 6. The molecule has 0 radical (unpaired) electrons. The second kappa shape index (κ2) is 11.3. The predicted octanol–water partition coefficient (Wildman–Crippen LogP) is 4.47. The van der Waals surface area contributed by atoms with E-state index in [1.807, 2.05) is 37.3 Å². The highest BCUT2D eigenvalue weighted by Gasteiger charge is 2.26. The highest BCUT2D eigenvalue weighted by molar-refractivity contribution is 6.03. The molecule has 8 heteroatoms. The fraction of sp³-hybridized carbons (Fsp3) is 0.214. The molecule has 0 bridgehead atoms. The van der Waals surface area contributed by atoms with Crippen LogP contribution in [-0.4, -0.2) is 45.8 Å². The van der Waals surface area contributed by atoms with Crippen LogP contribution in [0.15, 0.2) is 66.7 Å². The molecule has 4 rings (SSSR count). The smallest absolute Gasteiger partial charge is 0.265 e. The number of fused-ring (bicyclic) bond motifs is 1. The van der Waals surface area contributed by atoms with Gasteiger partial charge >= 0.3 is 0 Å². The second-order valence-electron chi connectivity index (χ2n) is 8.12. The van der Waals surface area contributed by atoms with E-state index in [4.69, 9.17) is 18.9 Å². The molecule has 0 saturated heterocycles. The van der Waals surface area contributed by atoms with E-state index in [2.05, 4.69) is 5.32 Å². The fourth-order valence-corrected chi connectivity index (χ4v) is 3.80. The van der Waals surface area contributed by atoms with Crippen LogP contribution in [0.2, 0.25) is 0 Å². The van der Waals surface area contributed by atoms with Crippen molar-refractivity contribution in [3.63, 3.8) is 0 Å². The van der Waals surface area contributed by atoms with Crippen molar-refractivity contribution in [2.45, 2.75) is 6.92 Å². The maximum Gasteiger partial charge on any atom is 0.265 e. The normalized spacial score (nSPS) is 12.6. The molecule has 1 aliphatic heterocycles. The zero-order valence-electron chi connectivity index (χ0n) is 20.4. The molecule has 0 fully saturated rings. The summed E-state index contributed by atoms with van der Waals surface area (Å²) >= 11 is 0. The van der Waals surface area contributed by atoms with E-state index in [9.17, 15) is 9.59 Å². The van der Waals surface area contributed by atoms with E-state index in [-0.39, 0.29) is 18.4 Å². The zero-order valence-corrected chi connectivity index (χ0v) is 20.4. The lowest BCUT2D eigenvalue weighted by Gasteiger charge is -2.29. The number of nitrogens with zero attached hydrogens (tertiary/aromatic N) is 1. The molecule has 0 aromatic heterocycles. The predicted molar refractivity (Wildman–Crippen MR) is 138 cm³/mol. The van der Waals surface area contributed by atoms with Gasteiger partial charge in [-0.2, -0.15) is 0 Å². The third-order valence-electron chi connectivity index (χ3n) is 5.58. The molecule has 3 aromatic carbocycles. The standard InChI is InChI=1S/C28H28N2O6/c1-19-5-4-6-22(15-19)35-14-13-30-23-17-21(9-11-24(23)36-18-28(30)32)29-27(31)12-8-20-7-10-25(33-2)26(16-20)34-3/h4-12,15-17H,13-14,18H2,1-3H3,(H,29,31)/b12-8+. The Balaban J connectivity index is 1.42. The number of ether oxygens (including phenoxy) is 4. The summed E-state index contributed by atoms with van der Waals surface area (Å²) in [5, 5.41) is 2.83. The number of aryl methyl sites for hydroxylation is 1. The quantitative estimate of drug-likeness (QED) is 0.448. The largest absolute Gasteiger partial charge is 0.493 e. The van der Waals surface area contributed by atoms with Crippen LogP contribution in [0.25, 0.3) is 6.08 Å². The summed E-state index contributed by atoms with van der Waals surface area (Å²) in [7, 11) is 3.12. The summed E-state index contributed by atoms with van der Waals surface area (Å²) in [5.41, 5.74) is 3.01. The highest BCUT2D eigenvalue weighted by atomic mass is 16.5. The molecule has 0 spiro atoms. The second-order valence-corrected chi connectivity index (χ2v) is 8.12. The minimum Gasteiger partial charge on any atom is -0.493 e. The van der Waals surface area contributed by atoms with Crippen LogP contribution in [0, 0.1) is 6.92 Å². The number of nitrogens with one attached hydrogen (secondary N) is 1. The van der Waals surface area contributed by atoms with Crippen LogP contribution in [0.1, 0.15) is 11.1 Å². The molecule has 0 saturated carbocycles. The Kier molecular flexibility index (Phi) is 7.75. The highest BCUT2D eigenvalue weighted by Crippen LogP contribution is 2.34. The molecule has 8 nitrogen and oxygen atoms in total. The van der Waals surface area contributed by atoms with Crippen molar-refractivity contribution in [2.24, 2.45) is 0 Å². The summed E-state index contributed by atoms with van der Waals surface area (Å²) in [5.74, 6) is 2.01. The molecule has 0 atom stereocenters. The number of carbonyl (C=O) groups excluding carboxylic acids is 2. The van der Waals surface area contributed by atoms with Crippen molar-refractivity contribution < 1.29 is 28.5 Å². The van der Waals surface area contributed by atoms with Gasteiger partial charge in [-0.15, -0.1) is 0 Å². The van der Waals surface area contributed by atoms with E-state index in [0.29, 0.717) is 41.8 Å². The number of methoxy groups -OCH3 is 2. The Hall–Kier alpha value is -4.46. The average molecular weight is 489 g/mol. The van der Waals surface area contributed by atoms with Crippen LogP contribution in [0.4, 0.5) is 11.4 Å². The SMILES string of the molecule is COc1ccc(/C=C/C(=O)Nc2ccc3c(c2)N(CCOc2cccc(C)c2)C(=O)CO3)cc1OC. The van der Waals surface area contributed by atoms with Gasteiger partial charge in [0.15, 0.2) is 18.1 Å². The maximum absolute atomic E-state index is 12.6. The lowest BCUT2D eigenvalue weighted by atomic mass is 10.2. The third kappa shape index (κ3) is 5.96. The summed E-state index contributed by atoms with van der Waals surface area (Å²) in [6.45, 7) is 2.61. The minimum atomic E-state index is -0.317. The topological polar surface area (TPSA) is 86.3 Å². The molecule has 3 aromatic rings. The van der Waals surface area contributed by atoms with Gasteiger partial charge < -0.3 is 29.2 Å². The molecular formula is C28H28N2O6. The van der Waals surface area contributed by atoms with Gasteiger partial charge in [0.25, 0.3) is 5.91 Å². The first kappa shape index (κ1) is 24.7. The number of anilines is 2. The number of benzene rings is 3. The zero-order chi connectivity index (χ0) is 25.5. The Morgan fingerprint density at radius 2 is 1.89 bits per heavy atom.